The van der Waals surface area contributed by atoms with Gasteiger partial charge in [0.2, 0.25) is 0 Å². The molecule has 0 bridgehead atoms. The molecule has 0 unspecified atom stereocenters. The summed E-state index contributed by atoms with van der Waals surface area (Å²) in [6.07, 6.45) is 4.13. The Morgan fingerprint density at radius 3 is 2.74 bits per heavy atom. The number of phosphoric acid groups is 1. The summed E-state index contributed by atoms with van der Waals surface area (Å²) >= 11 is 1.30. The van der Waals surface area contributed by atoms with Crippen LogP contribution < -0.4 is 5.73 Å². The van der Waals surface area contributed by atoms with Gasteiger partial charge in [-0.3, -0.25) is 4.52 Å². The van der Waals surface area contributed by atoms with E-state index in [4.69, 9.17) is 15.5 Å². The quantitative estimate of drug-likeness (QED) is 0.187. The smallest absolute Gasteiger partial charge is 0.389 e. The number of fused-ring (bicyclic) bond motifs is 2. The molecule has 0 spiro atoms. The van der Waals surface area contributed by atoms with Crippen LogP contribution in [0.5, 0.6) is 0 Å². The van der Waals surface area contributed by atoms with E-state index in [0.29, 0.717) is 16.3 Å². The molecule has 2 aromatic heterocycles. The maximum Gasteiger partial charge on any atom is 0.469 e. The van der Waals surface area contributed by atoms with E-state index < -0.39 is 44.0 Å². The number of hydrogen-bond acceptors (Lipinski definition) is 9. The standard InChI is InChI=1S/C14H18N5O6PS/c1-27-13-17-11(15)7-12(18-13)19(5-16-7)8-6-2-3-14(6,10(21)9(8)20)4-25-26(22,23)24/h2-3,5-6,8-10,20-21H,4H2,1H3,(H2,15,17,18)(H2,22,23,24)/t6-,8-,9+,10+,14+/m1/s1. The second-order valence-electron chi connectivity index (χ2n) is 6.61. The number of rotatable bonds is 5. The number of nitrogens with zero attached hydrogens (tertiary/aromatic N) is 4. The summed E-state index contributed by atoms with van der Waals surface area (Å²) in [6, 6.07) is -0.653. The minimum absolute atomic E-state index is 0.205. The molecule has 6 N–H and O–H groups in total. The topological polar surface area (TPSA) is 177 Å². The van der Waals surface area contributed by atoms with Crippen molar-refractivity contribution in [1.29, 1.82) is 0 Å². The molecule has 2 aliphatic carbocycles. The summed E-state index contributed by atoms with van der Waals surface area (Å²) < 4.78 is 17.4. The molecular formula is C14H18N5O6PS. The number of anilines is 1. The Kier molecular flexibility index (Phi) is 4.35. The van der Waals surface area contributed by atoms with Gasteiger partial charge in [0, 0.05) is 11.3 Å². The van der Waals surface area contributed by atoms with Crippen molar-refractivity contribution in [2.45, 2.75) is 23.4 Å². The highest BCUT2D eigenvalue weighted by Crippen LogP contribution is 2.58. The first kappa shape index (κ1) is 18.8. The first-order valence-electron chi connectivity index (χ1n) is 7.97. The molecule has 2 heterocycles. The Labute approximate surface area is 157 Å². The Morgan fingerprint density at radius 1 is 1.41 bits per heavy atom. The van der Waals surface area contributed by atoms with E-state index in [0.717, 1.165) is 0 Å². The Bertz CT molecular complexity index is 978. The van der Waals surface area contributed by atoms with Gasteiger partial charge in [-0.05, 0) is 6.26 Å². The number of nitrogens with two attached hydrogens (primary N) is 1. The zero-order valence-electron chi connectivity index (χ0n) is 14.1. The summed E-state index contributed by atoms with van der Waals surface area (Å²) in [5, 5.41) is 21.7. The molecular weight excluding hydrogens is 397 g/mol. The fourth-order valence-corrected chi connectivity index (χ4v) is 4.65. The Balaban J connectivity index is 1.75. The lowest BCUT2D eigenvalue weighted by Crippen LogP contribution is -2.44. The highest BCUT2D eigenvalue weighted by molar-refractivity contribution is 7.98. The van der Waals surface area contributed by atoms with Gasteiger partial charge in [0.05, 0.1) is 25.1 Å². The van der Waals surface area contributed by atoms with E-state index in [-0.39, 0.29) is 5.82 Å². The number of imidazole rings is 1. The van der Waals surface area contributed by atoms with Crippen LogP contribution in [0.15, 0.2) is 23.6 Å². The highest BCUT2D eigenvalue weighted by atomic mass is 32.2. The zero-order valence-corrected chi connectivity index (χ0v) is 15.8. The molecule has 27 heavy (non-hydrogen) atoms. The molecule has 1 fully saturated rings. The van der Waals surface area contributed by atoms with Crippen LogP contribution in [0.25, 0.3) is 11.2 Å². The average molecular weight is 415 g/mol. The van der Waals surface area contributed by atoms with Crippen LogP contribution in [-0.2, 0) is 9.09 Å². The van der Waals surface area contributed by atoms with Crippen LogP contribution in [0.4, 0.5) is 5.82 Å². The van der Waals surface area contributed by atoms with Crippen LogP contribution in [0, 0.1) is 11.3 Å². The van der Waals surface area contributed by atoms with Crippen molar-refractivity contribution in [2.24, 2.45) is 11.3 Å². The number of phosphoric ester groups is 1. The van der Waals surface area contributed by atoms with Gasteiger partial charge >= 0.3 is 7.82 Å². The van der Waals surface area contributed by atoms with Gasteiger partial charge in [0.25, 0.3) is 0 Å². The van der Waals surface area contributed by atoms with Crippen LogP contribution in [0.2, 0.25) is 0 Å². The Morgan fingerprint density at radius 2 is 2.15 bits per heavy atom. The van der Waals surface area contributed by atoms with Crippen LogP contribution in [-0.4, -0.2) is 64.6 Å². The first-order chi connectivity index (χ1) is 12.7. The largest absolute Gasteiger partial charge is 0.469 e. The minimum atomic E-state index is -4.72. The molecule has 146 valence electrons. The third-order valence-corrected chi connectivity index (χ3v) is 6.25. The third kappa shape index (κ3) is 2.80. The predicted octanol–water partition coefficient (Wildman–Crippen LogP) is -0.311. The molecule has 1 saturated carbocycles. The third-order valence-electron chi connectivity index (χ3n) is 5.24. The number of aliphatic hydroxyl groups is 2. The molecule has 0 amide bonds. The van der Waals surface area contributed by atoms with Gasteiger partial charge in [-0.25, -0.2) is 19.5 Å². The van der Waals surface area contributed by atoms with Crippen molar-refractivity contribution in [3.8, 4) is 0 Å². The van der Waals surface area contributed by atoms with Crippen LogP contribution in [0.1, 0.15) is 6.04 Å². The molecule has 0 aromatic carbocycles. The second-order valence-corrected chi connectivity index (χ2v) is 8.62. The lowest BCUT2D eigenvalue weighted by molar-refractivity contribution is -0.0361. The maximum atomic E-state index is 11.1. The van der Waals surface area contributed by atoms with Crippen LogP contribution >= 0.6 is 19.6 Å². The van der Waals surface area contributed by atoms with Gasteiger partial charge in [0.15, 0.2) is 16.6 Å². The van der Waals surface area contributed by atoms with Gasteiger partial charge in [-0.15, -0.1) is 0 Å². The summed E-state index contributed by atoms with van der Waals surface area (Å²) in [5.74, 6) is -0.225. The average Bonchev–Trinajstić information content (AvgIpc) is 3.05. The van der Waals surface area contributed by atoms with Crippen molar-refractivity contribution in [3.63, 3.8) is 0 Å². The van der Waals surface area contributed by atoms with Crippen LogP contribution in [0.3, 0.4) is 0 Å². The molecule has 0 aliphatic heterocycles. The number of thioether (sulfide) groups is 1. The number of allylic oxidation sites excluding steroid dienone is 1. The Hall–Kier alpha value is -1.53. The van der Waals surface area contributed by atoms with Crippen molar-refractivity contribution < 1.29 is 29.1 Å². The minimum Gasteiger partial charge on any atom is -0.389 e. The molecule has 2 aromatic rings. The van der Waals surface area contributed by atoms with E-state index >= 15 is 0 Å². The number of hydrogen-bond donors (Lipinski definition) is 5. The lowest BCUT2D eigenvalue weighted by Gasteiger charge is -2.41. The summed E-state index contributed by atoms with van der Waals surface area (Å²) in [6.45, 7) is -0.424. The SMILES string of the molecule is CSc1nc(N)c2ncn([C@H]3[C@H](O)[C@H](O)[C@]4(COP(=O)(O)O)C=C[C@H]34)c2n1. The van der Waals surface area contributed by atoms with Gasteiger partial charge in [0.1, 0.15) is 11.6 Å². The summed E-state index contributed by atoms with van der Waals surface area (Å²) in [4.78, 5) is 30.8. The van der Waals surface area contributed by atoms with Gasteiger partial charge in [-0.2, -0.15) is 0 Å². The fourth-order valence-electron chi connectivity index (χ4n) is 3.89. The molecule has 4 rings (SSSR count). The number of aromatic nitrogens is 4. The zero-order chi connectivity index (χ0) is 19.6. The molecule has 2 aliphatic rings. The van der Waals surface area contributed by atoms with Crippen molar-refractivity contribution in [3.05, 3.63) is 18.5 Å². The van der Waals surface area contributed by atoms with E-state index in [9.17, 15) is 14.8 Å². The molecule has 5 atom stereocenters. The van der Waals surface area contributed by atoms with E-state index in [1.165, 1.54) is 18.1 Å². The van der Waals surface area contributed by atoms with E-state index in [1.807, 2.05) is 0 Å². The van der Waals surface area contributed by atoms with E-state index in [1.54, 1.807) is 23.0 Å². The highest BCUT2D eigenvalue weighted by Gasteiger charge is 2.63. The van der Waals surface area contributed by atoms with Crippen molar-refractivity contribution in [1.82, 2.24) is 19.5 Å². The molecule has 11 nitrogen and oxygen atoms in total. The fraction of sp³-hybridized carbons (Fsp3) is 0.500. The van der Waals surface area contributed by atoms with Gasteiger partial charge < -0.3 is 30.3 Å². The number of aliphatic hydroxyl groups excluding tert-OH is 2. The monoisotopic (exact) mass is 415 g/mol. The lowest BCUT2D eigenvalue weighted by atomic mass is 9.68. The number of nitrogen functional groups attached to an aromatic ring is 1. The molecule has 0 radical (unpaired) electrons. The van der Waals surface area contributed by atoms with Crippen molar-refractivity contribution in [2.75, 3.05) is 18.6 Å². The van der Waals surface area contributed by atoms with Gasteiger partial charge in [-0.1, -0.05) is 23.9 Å². The molecule has 0 saturated heterocycles. The summed E-state index contributed by atoms with van der Waals surface area (Å²) in [5.41, 5.74) is 5.61. The van der Waals surface area contributed by atoms with E-state index in [2.05, 4.69) is 19.5 Å². The maximum absolute atomic E-state index is 11.1. The van der Waals surface area contributed by atoms with Crippen molar-refractivity contribution >= 4 is 36.6 Å². The normalized spacial score (nSPS) is 32.6. The summed E-state index contributed by atoms with van der Waals surface area (Å²) in [7, 11) is -4.72. The first-order valence-corrected chi connectivity index (χ1v) is 10.7. The second kappa shape index (κ2) is 6.24. The molecule has 13 heteroatoms. The predicted molar refractivity (Wildman–Crippen MR) is 95.6 cm³/mol.